The Kier molecular flexibility index (Phi) is 6.08. The van der Waals surface area contributed by atoms with Crippen molar-refractivity contribution in [1.82, 2.24) is 4.90 Å². The van der Waals surface area contributed by atoms with Crippen molar-refractivity contribution >= 4 is 34.3 Å². The molecule has 7 nitrogen and oxygen atoms in total. The van der Waals surface area contributed by atoms with Crippen LogP contribution in [0, 0.1) is 16.0 Å². The average molecular weight is 352 g/mol. The third-order valence-electron chi connectivity index (χ3n) is 3.61. The molecule has 1 amide bonds. The highest BCUT2D eigenvalue weighted by Gasteiger charge is 2.33. The van der Waals surface area contributed by atoms with Gasteiger partial charge in [-0.3, -0.25) is 19.7 Å². The van der Waals surface area contributed by atoms with Crippen molar-refractivity contribution in [2.45, 2.75) is 32.7 Å². The Balaban J connectivity index is 1.99. The standard InChI is InChI=1S/C16H20N2O5S/c1-3-23-16(20)11(2)10-17(12-4-5-12)14(19)8-6-13-7-9-15(24-13)18(21)22/h6-9,11-12H,3-5,10H2,1-2H3/b8-6+. The lowest BCUT2D eigenvalue weighted by Gasteiger charge is -2.23. The zero-order valence-corrected chi connectivity index (χ0v) is 14.5. The van der Waals surface area contributed by atoms with Crippen molar-refractivity contribution in [2.75, 3.05) is 13.2 Å². The first-order valence-electron chi connectivity index (χ1n) is 7.82. The molecule has 24 heavy (non-hydrogen) atoms. The molecule has 2 rings (SSSR count). The molecule has 1 aliphatic carbocycles. The number of ether oxygens (including phenoxy) is 1. The molecule has 8 heteroatoms. The van der Waals surface area contributed by atoms with Crippen molar-refractivity contribution in [3.8, 4) is 0 Å². The summed E-state index contributed by atoms with van der Waals surface area (Å²) in [4.78, 5) is 36.7. The monoisotopic (exact) mass is 352 g/mol. The average Bonchev–Trinajstić information content (AvgIpc) is 3.26. The summed E-state index contributed by atoms with van der Waals surface area (Å²) in [6, 6.07) is 3.18. The van der Waals surface area contributed by atoms with E-state index in [4.69, 9.17) is 4.74 Å². The molecule has 1 aromatic heterocycles. The highest BCUT2D eigenvalue weighted by atomic mass is 32.1. The Bertz CT molecular complexity index is 651. The molecule has 0 spiro atoms. The maximum Gasteiger partial charge on any atom is 0.324 e. The maximum absolute atomic E-state index is 12.4. The topological polar surface area (TPSA) is 89.8 Å². The van der Waals surface area contributed by atoms with Crippen LogP contribution in [0.1, 0.15) is 31.6 Å². The summed E-state index contributed by atoms with van der Waals surface area (Å²) in [5.74, 6) is -0.885. The molecular formula is C16H20N2O5S. The first-order valence-corrected chi connectivity index (χ1v) is 8.63. The van der Waals surface area contributed by atoms with Gasteiger partial charge in [-0.15, -0.1) is 0 Å². The van der Waals surface area contributed by atoms with Crippen LogP contribution in [0.3, 0.4) is 0 Å². The van der Waals surface area contributed by atoms with Crippen molar-refractivity contribution in [1.29, 1.82) is 0 Å². The van der Waals surface area contributed by atoms with Gasteiger partial charge in [0.15, 0.2) is 0 Å². The first-order chi connectivity index (χ1) is 11.4. The number of hydrogen-bond donors (Lipinski definition) is 0. The third-order valence-corrected chi connectivity index (χ3v) is 4.62. The van der Waals surface area contributed by atoms with Crippen LogP contribution >= 0.6 is 11.3 Å². The van der Waals surface area contributed by atoms with Crippen molar-refractivity contribution in [2.24, 2.45) is 5.92 Å². The number of nitrogens with zero attached hydrogens (tertiary/aromatic N) is 2. The van der Waals surface area contributed by atoms with Crippen LogP contribution in [0.5, 0.6) is 0 Å². The van der Waals surface area contributed by atoms with Crippen molar-refractivity contribution in [3.63, 3.8) is 0 Å². The van der Waals surface area contributed by atoms with Gasteiger partial charge in [0, 0.05) is 29.6 Å². The van der Waals surface area contributed by atoms with E-state index in [1.54, 1.807) is 30.9 Å². The smallest absolute Gasteiger partial charge is 0.324 e. The SMILES string of the molecule is CCOC(=O)C(C)CN(C(=O)/C=C/c1ccc([N+](=O)[O-])s1)C1CC1. The van der Waals surface area contributed by atoms with Crippen LogP contribution in [0.4, 0.5) is 5.00 Å². The van der Waals surface area contributed by atoms with Gasteiger partial charge in [0.1, 0.15) is 0 Å². The predicted molar refractivity (Wildman–Crippen MR) is 90.5 cm³/mol. The summed E-state index contributed by atoms with van der Waals surface area (Å²) in [5, 5.41) is 10.7. The Labute approximate surface area is 144 Å². The van der Waals surface area contributed by atoms with Gasteiger partial charge in [0.05, 0.1) is 17.4 Å². The number of nitro groups is 1. The molecule has 1 aromatic rings. The molecule has 1 saturated carbocycles. The van der Waals surface area contributed by atoms with Gasteiger partial charge < -0.3 is 9.64 Å². The largest absolute Gasteiger partial charge is 0.466 e. The Morgan fingerprint density at radius 1 is 1.50 bits per heavy atom. The number of carbonyl (C=O) groups is 2. The molecule has 0 bridgehead atoms. The van der Waals surface area contributed by atoms with Gasteiger partial charge in [-0.05, 0) is 31.9 Å². The lowest BCUT2D eigenvalue weighted by Crippen LogP contribution is -2.38. The molecule has 0 saturated heterocycles. The lowest BCUT2D eigenvalue weighted by atomic mass is 10.1. The summed E-state index contributed by atoms with van der Waals surface area (Å²) in [7, 11) is 0. The van der Waals surface area contributed by atoms with Crippen LogP contribution in [0.2, 0.25) is 0 Å². The lowest BCUT2D eigenvalue weighted by molar-refractivity contribution is -0.380. The number of hydrogen-bond acceptors (Lipinski definition) is 6. The van der Waals surface area contributed by atoms with Crippen LogP contribution < -0.4 is 0 Å². The zero-order chi connectivity index (χ0) is 17.7. The second kappa shape index (κ2) is 8.05. The highest BCUT2D eigenvalue weighted by molar-refractivity contribution is 7.16. The number of amides is 1. The van der Waals surface area contributed by atoms with E-state index in [2.05, 4.69) is 0 Å². The number of rotatable bonds is 8. The van der Waals surface area contributed by atoms with E-state index in [0.717, 1.165) is 24.2 Å². The van der Waals surface area contributed by atoms with E-state index in [-0.39, 0.29) is 28.8 Å². The minimum Gasteiger partial charge on any atom is -0.466 e. The van der Waals surface area contributed by atoms with Gasteiger partial charge in [-0.25, -0.2) is 0 Å². The highest BCUT2D eigenvalue weighted by Crippen LogP contribution is 2.29. The van der Waals surface area contributed by atoms with E-state index >= 15 is 0 Å². The molecule has 0 aliphatic heterocycles. The first kappa shape index (κ1) is 18.1. The molecule has 0 N–H and O–H groups in total. The fraction of sp³-hybridized carbons (Fsp3) is 0.500. The summed E-state index contributed by atoms with van der Waals surface area (Å²) in [6.45, 7) is 4.12. The summed E-state index contributed by atoms with van der Waals surface area (Å²) in [6.07, 6.45) is 4.84. The molecule has 0 radical (unpaired) electrons. The van der Waals surface area contributed by atoms with E-state index in [0.29, 0.717) is 18.0 Å². The molecule has 0 aromatic carbocycles. The second-order valence-electron chi connectivity index (χ2n) is 5.64. The Hall–Kier alpha value is -2.22. The summed E-state index contributed by atoms with van der Waals surface area (Å²) in [5.41, 5.74) is 0. The molecule has 1 aliphatic rings. The van der Waals surface area contributed by atoms with Gasteiger partial charge >= 0.3 is 11.0 Å². The van der Waals surface area contributed by atoms with Gasteiger partial charge in [0.25, 0.3) is 0 Å². The van der Waals surface area contributed by atoms with Crippen molar-refractivity contribution < 1.29 is 19.2 Å². The van der Waals surface area contributed by atoms with E-state index in [1.165, 1.54) is 12.1 Å². The van der Waals surface area contributed by atoms with Crippen LogP contribution in [-0.4, -0.2) is 40.9 Å². The van der Waals surface area contributed by atoms with Gasteiger partial charge in [-0.1, -0.05) is 18.3 Å². The van der Waals surface area contributed by atoms with Crippen LogP contribution in [0.15, 0.2) is 18.2 Å². The molecular weight excluding hydrogens is 332 g/mol. The van der Waals surface area contributed by atoms with Crippen molar-refractivity contribution in [3.05, 3.63) is 33.2 Å². The summed E-state index contributed by atoms with van der Waals surface area (Å²) >= 11 is 1.01. The number of esters is 1. The van der Waals surface area contributed by atoms with Gasteiger partial charge in [-0.2, -0.15) is 0 Å². The third kappa shape index (κ3) is 4.89. The van der Waals surface area contributed by atoms with Crippen LogP contribution in [-0.2, 0) is 14.3 Å². The molecule has 1 atom stereocenters. The number of carbonyl (C=O) groups excluding carboxylic acids is 2. The Morgan fingerprint density at radius 2 is 2.21 bits per heavy atom. The number of thiophene rings is 1. The van der Waals surface area contributed by atoms with Crippen LogP contribution in [0.25, 0.3) is 6.08 Å². The molecule has 1 heterocycles. The Morgan fingerprint density at radius 3 is 2.75 bits per heavy atom. The quantitative estimate of drug-likeness (QED) is 0.311. The van der Waals surface area contributed by atoms with E-state index < -0.39 is 4.92 Å². The predicted octanol–water partition coefficient (Wildman–Crippen LogP) is 2.86. The minimum absolute atomic E-state index is 0.0390. The zero-order valence-electron chi connectivity index (χ0n) is 13.6. The fourth-order valence-electron chi connectivity index (χ4n) is 2.24. The van der Waals surface area contributed by atoms with E-state index in [1.807, 2.05) is 0 Å². The summed E-state index contributed by atoms with van der Waals surface area (Å²) < 4.78 is 4.98. The normalized spacial score (nSPS) is 15.2. The molecule has 130 valence electrons. The van der Waals surface area contributed by atoms with E-state index in [9.17, 15) is 19.7 Å². The second-order valence-corrected chi connectivity index (χ2v) is 6.74. The molecule has 1 fully saturated rings. The maximum atomic E-state index is 12.4. The van der Waals surface area contributed by atoms with Gasteiger partial charge in [0.2, 0.25) is 5.91 Å². The minimum atomic E-state index is -0.457. The fourth-order valence-corrected chi connectivity index (χ4v) is 2.96. The molecule has 1 unspecified atom stereocenters.